The number of nitrogens with zero attached hydrogens (tertiary/aromatic N) is 2. The van der Waals surface area contributed by atoms with Crippen LogP contribution in [0, 0.1) is 6.92 Å². The number of Topliss-reactive ketones (excluding diaryl/α,β-unsaturated/α-hetero) is 1. The van der Waals surface area contributed by atoms with Gasteiger partial charge in [0, 0.05) is 31.1 Å². The summed E-state index contributed by atoms with van der Waals surface area (Å²) in [7, 11) is 1.59. The summed E-state index contributed by atoms with van der Waals surface area (Å²) >= 11 is 0. The summed E-state index contributed by atoms with van der Waals surface area (Å²) in [6.45, 7) is 4.19. The third-order valence-electron chi connectivity index (χ3n) is 3.06. The molecule has 2 aromatic heterocycles. The number of fused-ring (bicyclic) bond motifs is 1. The molecule has 0 aliphatic carbocycles. The van der Waals surface area contributed by atoms with Crippen LogP contribution in [0.5, 0.6) is 0 Å². The van der Waals surface area contributed by atoms with Crippen LogP contribution in [0.25, 0.3) is 10.9 Å². The maximum Gasteiger partial charge on any atom is 0.260 e. The maximum absolute atomic E-state index is 12.3. The van der Waals surface area contributed by atoms with Crippen LogP contribution in [0.15, 0.2) is 23.1 Å². The fourth-order valence-electron chi connectivity index (χ4n) is 2.03. The number of ether oxygens (including phenoxy) is 1. The third-order valence-corrected chi connectivity index (χ3v) is 3.06. The highest BCUT2D eigenvalue weighted by atomic mass is 16.5. The first-order chi connectivity index (χ1) is 9.04. The number of hydrogen-bond donors (Lipinski definition) is 0. The number of methoxy groups -OCH3 is 1. The van der Waals surface area contributed by atoms with Crippen LogP contribution in [-0.2, 0) is 11.3 Å². The quantitative estimate of drug-likeness (QED) is 0.783. The van der Waals surface area contributed by atoms with Crippen LogP contribution >= 0.6 is 0 Å². The highest BCUT2D eigenvalue weighted by Crippen LogP contribution is 2.13. The minimum Gasteiger partial charge on any atom is -0.383 e. The Morgan fingerprint density at radius 1 is 1.47 bits per heavy atom. The van der Waals surface area contributed by atoms with Gasteiger partial charge in [0.15, 0.2) is 5.78 Å². The molecule has 2 rings (SSSR count). The molecule has 0 spiro atoms. The molecule has 0 N–H and O–H groups in total. The van der Waals surface area contributed by atoms with Gasteiger partial charge in [0.2, 0.25) is 0 Å². The lowest BCUT2D eigenvalue weighted by Crippen LogP contribution is -2.22. The summed E-state index contributed by atoms with van der Waals surface area (Å²) < 4.78 is 6.53. The topological polar surface area (TPSA) is 61.2 Å². The van der Waals surface area contributed by atoms with Gasteiger partial charge >= 0.3 is 0 Å². The van der Waals surface area contributed by atoms with E-state index in [1.165, 1.54) is 6.92 Å². The molecule has 0 aromatic carbocycles. The summed E-state index contributed by atoms with van der Waals surface area (Å²) in [5, 5.41) is 0.467. The SMILES string of the molecule is COCCn1ccc2nc(C)c(C(C)=O)cc2c1=O. The number of ketones is 1. The van der Waals surface area contributed by atoms with Crippen molar-refractivity contribution in [2.75, 3.05) is 13.7 Å². The Kier molecular flexibility index (Phi) is 3.76. The summed E-state index contributed by atoms with van der Waals surface area (Å²) in [6, 6.07) is 3.41. The van der Waals surface area contributed by atoms with E-state index in [9.17, 15) is 9.59 Å². The maximum atomic E-state index is 12.3. The second-order valence-electron chi connectivity index (χ2n) is 4.42. The number of hydrogen-bond acceptors (Lipinski definition) is 4. The van der Waals surface area contributed by atoms with E-state index in [1.54, 1.807) is 36.9 Å². The smallest absolute Gasteiger partial charge is 0.260 e. The molecule has 0 fully saturated rings. The van der Waals surface area contributed by atoms with Crippen molar-refractivity contribution in [1.82, 2.24) is 9.55 Å². The zero-order chi connectivity index (χ0) is 14.0. The van der Waals surface area contributed by atoms with E-state index in [0.717, 1.165) is 0 Å². The zero-order valence-electron chi connectivity index (χ0n) is 11.3. The standard InChI is InChI=1S/C14H16N2O3/c1-9-11(10(2)17)8-12-13(15-9)4-5-16(14(12)18)6-7-19-3/h4-5,8H,6-7H2,1-3H3. The van der Waals surface area contributed by atoms with Crippen LogP contribution in [-0.4, -0.2) is 29.1 Å². The first-order valence-electron chi connectivity index (χ1n) is 6.05. The normalized spacial score (nSPS) is 10.9. The summed E-state index contributed by atoms with van der Waals surface area (Å²) in [5.41, 5.74) is 1.61. The average molecular weight is 260 g/mol. The van der Waals surface area contributed by atoms with Crippen molar-refractivity contribution in [2.45, 2.75) is 20.4 Å². The van der Waals surface area contributed by atoms with Gasteiger partial charge in [-0.3, -0.25) is 14.6 Å². The largest absolute Gasteiger partial charge is 0.383 e. The second-order valence-corrected chi connectivity index (χ2v) is 4.42. The fraction of sp³-hybridized carbons (Fsp3) is 0.357. The van der Waals surface area contributed by atoms with Gasteiger partial charge in [-0.1, -0.05) is 0 Å². The number of aryl methyl sites for hydroxylation is 1. The second kappa shape index (κ2) is 5.32. The van der Waals surface area contributed by atoms with Crippen LogP contribution < -0.4 is 5.56 Å². The Morgan fingerprint density at radius 3 is 2.84 bits per heavy atom. The number of pyridine rings is 2. The summed E-state index contributed by atoms with van der Waals surface area (Å²) in [6.07, 6.45) is 1.70. The Hall–Kier alpha value is -2.01. The van der Waals surface area contributed by atoms with Crippen molar-refractivity contribution in [1.29, 1.82) is 0 Å². The fourth-order valence-corrected chi connectivity index (χ4v) is 2.03. The van der Waals surface area contributed by atoms with E-state index >= 15 is 0 Å². The molecule has 5 nitrogen and oxygen atoms in total. The monoisotopic (exact) mass is 260 g/mol. The molecule has 0 saturated heterocycles. The predicted octanol–water partition coefficient (Wildman–Crippen LogP) is 1.55. The number of carbonyl (C=O) groups excluding carboxylic acids is 1. The van der Waals surface area contributed by atoms with Crippen LogP contribution in [0.2, 0.25) is 0 Å². The molecule has 2 aromatic rings. The lowest BCUT2D eigenvalue weighted by molar-refractivity contribution is 0.101. The molecule has 0 saturated carbocycles. The molecule has 0 amide bonds. The van der Waals surface area contributed by atoms with Crippen LogP contribution in [0.3, 0.4) is 0 Å². The molecule has 2 heterocycles. The number of carbonyl (C=O) groups is 1. The van der Waals surface area contributed by atoms with Crippen LogP contribution in [0.4, 0.5) is 0 Å². The molecular weight excluding hydrogens is 244 g/mol. The van der Waals surface area contributed by atoms with Gasteiger partial charge < -0.3 is 9.30 Å². The molecule has 100 valence electrons. The van der Waals surface area contributed by atoms with Crippen molar-refractivity contribution >= 4 is 16.7 Å². The van der Waals surface area contributed by atoms with E-state index in [0.29, 0.717) is 35.3 Å². The number of rotatable bonds is 4. The zero-order valence-corrected chi connectivity index (χ0v) is 11.3. The Morgan fingerprint density at radius 2 is 2.21 bits per heavy atom. The highest BCUT2D eigenvalue weighted by Gasteiger charge is 2.10. The van der Waals surface area contributed by atoms with Crippen LogP contribution in [0.1, 0.15) is 23.0 Å². The van der Waals surface area contributed by atoms with Crippen molar-refractivity contribution in [3.8, 4) is 0 Å². The average Bonchev–Trinajstić information content (AvgIpc) is 2.37. The van der Waals surface area contributed by atoms with Crippen molar-refractivity contribution < 1.29 is 9.53 Å². The third kappa shape index (κ3) is 2.56. The van der Waals surface area contributed by atoms with Gasteiger partial charge in [0.05, 0.1) is 17.5 Å². The molecule has 19 heavy (non-hydrogen) atoms. The Balaban J connectivity index is 2.64. The van der Waals surface area contributed by atoms with Gasteiger partial charge in [-0.2, -0.15) is 0 Å². The first-order valence-corrected chi connectivity index (χ1v) is 6.05. The molecule has 5 heteroatoms. The van der Waals surface area contributed by atoms with E-state index in [1.807, 2.05) is 0 Å². The van der Waals surface area contributed by atoms with Gasteiger partial charge in [-0.25, -0.2) is 0 Å². The first kappa shape index (κ1) is 13.4. The van der Waals surface area contributed by atoms with Gasteiger partial charge in [0.25, 0.3) is 5.56 Å². The summed E-state index contributed by atoms with van der Waals surface area (Å²) in [5.74, 6) is -0.0846. The van der Waals surface area contributed by atoms with Crippen molar-refractivity contribution in [3.63, 3.8) is 0 Å². The predicted molar refractivity (Wildman–Crippen MR) is 72.6 cm³/mol. The summed E-state index contributed by atoms with van der Waals surface area (Å²) in [4.78, 5) is 28.1. The molecule has 0 radical (unpaired) electrons. The van der Waals surface area contributed by atoms with Gasteiger partial charge in [-0.15, -0.1) is 0 Å². The molecule has 0 unspecified atom stereocenters. The minimum atomic E-state index is -0.149. The van der Waals surface area contributed by atoms with Gasteiger partial charge in [-0.05, 0) is 26.0 Å². The molecule has 0 atom stereocenters. The number of aromatic nitrogens is 2. The Bertz CT molecular complexity index is 689. The van der Waals surface area contributed by atoms with E-state index in [2.05, 4.69) is 4.98 Å². The molecule has 0 aliphatic rings. The minimum absolute atomic E-state index is 0.0846. The van der Waals surface area contributed by atoms with E-state index in [-0.39, 0.29) is 11.3 Å². The van der Waals surface area contributed by atoms with Crippen molar-refractivity contribution in [3.05, 3.63) is 39.9 Å². The van der Waals surface area contributed by atoms with E-state index < -0.39 is 0 Å². The molecule has 0 bridgehead atoms. The molecular formula is C14H16N2O3. The van der Waals surface area contributed by atoms with E-state index in [4.69, 9.17) is 4.74 Å². The van der Waals surface area contributed by atoms with Crippen molar-refractivity contribution in [2.24, 2.45) is 0 Å². The van der Waals surface area contributed by atoms with Gasteiger partial charge in [0.1, 0.15) is 0 Å². The lowest BCUT2D eigenvalue weighted by Gasteiger charge is -2.08. The highest BCUT2D eigenvalue weighted by molar-refractivity contribution is 5.98. The Labute approximate surface area is 110 Å². The molecule has 0 aliphatic heterocycles. The lowest BCUT2D eigenvalue weighted by atomic mass is 10.1.